The lowest BCUT2D eigenvalue weighted by molar-refractivity contribution is -0.100. The van der Waals surface area contributed by atoms with E-state index in [4.69, 9.17) is 0 Å². The van der Waals surface area contributed by atoms with E-state index in [2.05, 4.69) is 328 Å². The van der Waals surface area contributed by atoms with E-state index >= 15 is 0 Å². The van der Waals surface area contributed by atoms with Gasteiger partial charge in [0.2, 0.25) is 0 Å². The van der Waals surface area contributed by atoms with Crippen molar-refractivity contribution in [2.75, 3.05) is 0 Å². The van der Waals surface area contributed by atoms with E-state index < -0.39 is 0 Å². The summed E-state index contributed by atoms with van der Waals surface area (Å²) >= 11 is 0. The second kappa shape index (κ2) is 33.1. The summed E-state index contributed by atoms with van der Waals surface area (Å²) in [5.41, 5.74) is 21.5. The van der Waals surface area contributed by atoms with Crippen LogP contribution in [0.5, 0.6) is 0 Å². The molecule has 24 rings (SSSR count). The van der Waals surface area contributed by atoms with Crippen LogP contribution < -0.4 is 0 Å². The number of rotatable bonds is 6. The predicted molar refractivity (Wildman–Crippen MR) is 525 cm³/mol. The molecule has 0 bridgehead atoms. The zero-order valence-electron chi connectivity index (χ0n) is 81.5. The first kappa shape index (κ1) is 91.5. The maximum Gasteiger partial charge on any atom is 0.0956 e. The van der Waals surface area contributed by atoms with Gasteiger partial charge in [-0.05, 0) is 143 Å². The molecule has 132 heavy (non-hydrogen) atoms. The lowest BCUT2D eigenvalue weighted by Crippen LogP contribution is -2.50. The van der Waals surface area contributed by atoms with Crippen LogP contribution in [0.25, 0.3) is 67.5 Å². The normalized spacial score (nSPS) is 32.5. The summed E-state index contributed by atoms with van der Waals surface area (Å²) in [6.07, 6.45) is 41.2. The molecule has 18 heteroatoms. The van der Waals surface area contributed by atoms with E-state index in [0.29, 0.717) is 0 Å². The minimum absolute atomic E-state index is 0.0364. The number of imidazole rings is 6. The third kappa shape index (κ3) is 14.5. The van der Waals surface area contributed by atoms with Gasteiger partial charge in [-0.3, -0.25) is 0 Å². The topological polar surface area (TPSA) is 228 Å². The molecule has 0 spiro atoms. The first-order valence-corrected chi connectivity index (χ1v) is 49.5. The van der Waals surface area contributed by atoms with Crippen molar-refractivity contribution in [3.05, 3.63) is 254 Å². The predicted octanol–water partition coefficient (Wildman–Crippen LogP) is 24.2. The number of aliphatic hydroxyl groups excluding tert-OH is 6. The van der Waals surface area contributed by atoms with E-state index in [0.717, 1.165) is 77.0 Å². The summed E-state index contributed by atoms with van der Waals surface area (Å²) in [5, 5.41) is 67.0. The molecule has 6 N–H and O–H groups in total. The molecule has 12 aromatic rings. The quantitative estimate of drug-likeness (QED) is 0.0914. The first-order valence-electron chi connectivity index (χ1n) is 49.5. The highest BCUT2D eigenvalue weighted by molar-refractivity contribution is 5.74. The largest absolute Gasteiger partial charge is 0.392 e. The highest BCUT2D eigenvalue weighted by Crippen LogP contribution is 2.65. The van der Waals surface area contributed by atoms with Gasteiger partial charge in [0, 0.05) is 65.9 Å². The van der Waals surface area contributed by atoms with Crippen LogP contribution in [0.15, 0.2) is 221 Å². The fraction of sp³-hybridized carbons (Fsp3) is 0.526. The molecule has 12 aliphatic rings. The van der Waals surface area contributed by atoms with E-state index in [1.807, 2.05) is 75.1 Å². The van der Waals surface area contributed by atoms with Gasteiger partial charge in [-0.1, -0.05) is 309 Å². The maximum atomic E-state index is 11.2. The molecule has 18 atom stereocenters. The lowest BCUT2D eigenvalue weighted by atomic mass is 9.58. The third-order valence-corrected chi connectivity index (χ3v) is 36.0. The van der Waals surface area contributed by atoms with Gasteiger partial charge < -0.3 is 58.0 Å². The highest BCUT2D eigenvalue weighted by Gasteiger charge is 2.60. The van der Waals surface area contributed by atoms with Crippen LogP contribution in [-0.2, 0) is 0 Å². The van der Waals surface area contributed by atoms with Crippen LogP contribution in [0.4, 0.5) is 0 Å². The average Bonchev–Trinajstić information content (AvgIpc) is 1.58. The van der Waals surface area contributed by atoms with Gasteiger partial charge >= 0.3 is 0 Å². The zero-order chi connectivity index (χ0) is 93.2. The van der Waals surface area contributed by atoms with Crippen molar-refractivity contribution < 1.29 is 30.6 Å². The molecule has 18 nitrogen and oxygen atoms in total. The van der Waals surface area contributed by atoms with E-state index in [1.54, 1.807) is 0 Å². The molecule has 0 radical (unpaired) electrons. The van der Waals surface area contributed by atoms with Crippen molar-refractivity contribution in [1.82, 2.24) is 57.3 Å². The number of aliphatic hydroxyl groups is 6. The van der Waals surface area contributed by atoms with E-state index in [1.165, 1.54) is 139 Å². The van der Waals surface area contributed by atoms with Gasteiger partial charge in [0.25, 0.3) is 0 Å². The minimum atomic E-state index is -0.319. The molecule has 12 heterocycles. The standard InChI is InChI=1S/6C19H24N2O/c6*1-18(2)9-6-10-19(3,17(18)22)16-14-8-5-4-7-13(14)15-11-20-12-21(15)16/h6*4-5,7-8,11-12,16-17,22H,6,9-10H2,1-3H3/t2*16-,17+,19+;2*16-,17+,19-;2*16-,17-,19+/m101010/s1. The fourth-order valence-electron chi connectivity index (χ4n) is 29.3. The van der Waals surface area contributed by atoms with E-state index in [-0.39, 0.29) is 138 Å². The number of aromatic nitrogens is 12. The summed E-state index contributed by atoms with van der Waals surface area (Å²) in [6.45, 7) is 39.9. The van der Waals surface area contributed by atoms with Gasteiger partial charge in [-0.2, -0.15) is 0 Å². The molecule has 6 saturated carbocycles. The molecule has 0 saturated heterocycles. The molecule has 6 aromatic carbocycles. The lowest BCUT2D eigenvalue weighted by Gasteiger charge is -2.51. The van der Waals surface area contributed by atoms with E-state index in [9.17, 15) is 30.6 Å². The van der Waals surface area contributed by atoms with Crippen molar-refractivity contribution >= 4 is 0 Å². The smallest absolute Gasteiger partial charge is 0.0956 e. The summed E-state index contributed by atoms with van der Waals surface area (Å²) in [7, 11) is 0. The Morgan fingerprint density at radius 3 is 0.462 bits per heavy atom. The van der Waals surface area contributed by atoms with Gasteiger partial charge in [-0.15, -0.1) is 0 Å². The van der Waals surface area contributed by atoms with Crippen molar-refractivity contribution in [1.29, 1.82) is 0 Å². The molecule has 6 aromatic heterocycles. The summed E-state index contributed by atoms with van der Waals surface area (Å²) in [6, 6.07) is 52.5. The summed E-state index contributed by atoms with van der Waals surface area (Å²) in [5.74, 6) is 0. The Morgan fingerprint density at radius 1 is 0.197 bits per heavy atom. The Kier molecular flexibility index (Phi) is 22.9. The van der Waals surface area contributed by atoms with Crippen molar-refractivity contribution in [2.45, 2.75) is 313 Å². The third-order valence-electron chi connectivity index (χ3n) is 36.0. The van der Waals surface area contributed by atoms with Gasteiger partial charge in [0.15, 0.2) is 0 Å². The summed E-state index contributed by atoms with van der Waals surface area (Å²) < 4.78 is 13.6. The molecule has 0 amide bonds. The van der Waals surface area contributed by atoms with Gasteiger partial charge in [0.05, 0.1) is 182 Å². The molecule has 696 valence electrons. The number of hydrogen-bond acceptors (Lipinski definition) is 12. The molecule has 6 aliphatic carbocycles. The molecular formula is C114H144N12O6. The second-order valence-corrected chi connectivity index (χ2v) is 47.6. The minimum Gasteiger partial charge on any atom is -0.392 e. The van der Waals surface area contributed by atoms with Crippen LogP contribution in [0.2, 0.25) is 0 Å². The molecule has 6 fully saturated rings. The fourth-order valence-corrected chi connectivity index (χ4v) is 29.3. The summed E-state index contributed by atoms with van der Waals surface area (Å²) in [4.78, 5) is 26.2. The number of fused-ring (bicyclic) bond motifs is 18. The van der Waals surface area contributed by atoms with Gasteiger partial charge in [-0.25, -0.2) is 29.9 Å². The Morgan fingerprint density at radius 2 is 0.326 bits per heavy atom. The van der Waals surface area contributed by atoms with Crippen LogP contribution in [-0.4, -0.2) is 125 Å². The Balaban J connectivity index is 0.000000102. The number of benzene rings is 6. The maximum absolute atomic E-state index is 11.2. The van der Waals surface area contributed by atoms with Crippen LogP contribution >= 0.6 is 0 Å². The van der Waals surface area contributed by atoms with Crippen LogP contribution in [0.1, 0.15) is 310 Å². The van der Waals surface area contributed by atoms with Gasteiger partial charge in [0.1, 0.15) is 0 Å². The van der Waals surface area contributed by atoms with Crippen LogP contribution in [0, 0.1) is 65.0 Å². The monoisotopic (exact) mass is 1780 g/mol. The molecule has 0 unspecified atom stereocenters. The van der Waals surface area contributed by atoms with Crippen LogP contribution in [0.3, 0.4) is 0 Å². The highest BCUT2D eigenvalue weighted by atomic mass is 16.3. The average molecular weight is 1780 g/mol. The Labute approximate surface area is 783 Å². The van der Waals surface area contributed by atoms with Crippen molar-refractivity contribution in [3.8, 4) is 67.5 Å². The molecule has 6 aliphatic heterocycles. The SMILES string of the molecule is CC1(C)CCC[C@@](C)([C@@H]2c3ccccc3-c3cncn32)[C@@H]1O.CC1(C)CCC[C@@](C)([C@H]2c3ccccc3-c3cncn32)[C@@H]1O.CC1(C)CCC[C@@](C)([C@H]2c3ccccc3-c3cncn32)[C@H]1O.CC1(C)CCC[C@](C)([C@@H]2c3ccccc3-c3cncn32)[C@@H]1O.CC1(C)CCC[C@](C)([C@@H]2c3ccccc3-c3cncn32)[C@H]1O.CC1(C)CCC[C@](C)([C@H]2c3ccccc3-c3cncn32)[C@H]1O. The Hall–Kier alpha value is -9.66. The first-order chi connectivity index (χ1) is 62.7. The number of nitrogens with zero attached hydrogens (tertiary/aromatic N) is 12. The van der Waals surface area contributed by atoms with Crippen molar-refractivity contribution in [2.24, 2.45) is 65.0 Å². The number of hydrogen-bond donors (Lipinski definition) is 6. The molecular weight excluding hydrogens is 1630 g/mol. The van der Waals surface area contributed by atoms with Crippen molar-refractivity contribution in [3.63, 3.8) is 0 Å². The second-order valence-electron chi connectivity index (χ2n) is 47.6. The Bertz CT molecular complexity index is 5270. The zero-order valence-corrected chi connectivity index (χ0v) is 81.5.